The number of aromatic amines is 1. The summed E-state index contributed by atoms with van der Waals surface area (Å²) in [7, 11) is 0. The molecular formula is C18H28N2O. The highest BCUT2D eigenvalue weighted by Crippen LogP contribution is 2.37. The maximum atomic E-state index is 12.0. The van der Waals surface area contributed by atoms with Gasteiger partial charge in [0.05, 0.1) is 5.69 Å². The van der Waals surface area contributed by atoms with Crippen LogP contribution >= 0.6 is 0 Å². The Balaban J connectivity index is 1.72. The topological polar surface area (TPSA) is 45.8 Å². The van der Waals surface area contributed by atoms with Crippen LogP contribution in [0, 0.1) is 5.92 Å². The standard InChI is InChI=1S/C18H28N2O/c1-2-5-13-8-10-15(11-9-13)18-19-16(12-17(21)20-18)14-6-3-4-7-14/h12-15H,2-11H2,1H3,(H,19,20,21). The fourth-order valence-electron chi connectivity index (χ4n) is 4.25. The molecule has 0 radical (unpaired) electrons. The zero-order chi connectivity index (χ0) is 14.7. The number of rotatable bonds is 4. The Bertz CT molecular complexity index is 508. The lowest BCUT2D eigenvalue weighted by Crippen LogP contribution is -2.20. The Kier molecular flexibility index (Phi) is 4.77. The van der Waals surface area contributed by atoms with Crippen LogP contribution < -0.4 is 5.56 Å². The minimum Gasteiger partial charge on any atom is -0.310 e. The molecule has 0 unspecified atom stereocenters. The molecule has 2 aliphatic carbocycles. The van der Waals surface area contributed by atoms with Crippen molar-refractivity contribution in [2.75, 3.05) is 0 Å². The van der Waals surface area contributed by atoms with Gasteiger partial charge in [0, 0.05) is 17.9 Å². The fourth-order valence-corrected chi connectivity index (χ4v) is 4.25. The van der Waals surface area contributed by atoms with E-state index in [1.54, 1.807) is 6.07 Å². The zero-order valence-corrected chi connectivity index (χ0v) is 13.2. The third-order valence-corrected chi connectivity index (χ3v) is 5.48. The third kappa shape index (κ3) is 3.56. The van der Waals surface area contributed by atoms with Gasteiger partial charge in [0.1, 0.15) is 5.82 Å². The molecule has 3 rings (SSSR count). The molecule has 1 N–H and O–H groups in total. The molecular weight excluding hydrogens is 260 g/mol. The number of nitrogens with zero attached hydrogens (tertiary/aromatic N) is 1. The van der Waals surface area contributed by atoms with Gasteiger partial charge in [-0.1, -0.05) is 32.6 Å². The molecule has 2 aliphatic rings. The molecule has 3 heteroatoms. The molecule has 1 aromatic rings. The summed E-state index contributed by atoms with van der Waals surface area (Å²) in [5, 5.41) is 0. The Morgan fingerprint density at radius 1 is 1.10 bits per heavy atom. The monoisotopic (exact) mass is 288 g/mol. The van der Waals surface area contributed by atoms with Crippen LogP contribution in [0.2, 0.25) is 0 Å². The van der Waals surface area contributed by atoms with Crippen molar-refractivity contribution in [3.8, 4) is 0 Å². The highest BCUT2D eigenvalue weighted by atomic mass is 16.1. The molecule has 21 heavy (non-hydrogen) atoms. The number of hydrogen-bond donors (Lipinski definition) is 1. The number of hydrogen-bond acceptors (Lipinski definition) is 2. The Labute approximate surface area is 127 Å². The molecule has 0 saturated heterocycles. The molecule has 1 heterocycles. The Hall–Kier alpha value is -1.12. The lowest BCUT2D eigenvalue weighted by molar-refractivity contribution is 0.301. The number of nitrogens with one attached hydrogen (secondary N) is 1. The molecule has 0 aromatic carbocycles. The molecule has 0 spiro atoms. The normalized spacial score (nSPS) is 27.1. The second-order valence-electron chi connectivity index (χ2n) is 7.04. The lowest BCUT2D eigenvalue weighted by atomic mass is 9.79. The van der Waals surface area contributed by atoms with Crippen LogP contribution in [0.25, 0.3) is 0 Å². The van der Waals surface area contributed by atoms with Crippen LogP contribution in [-0.4, -0.2) is 9.97 Å². The van der Waals surface area contributed by atoms with E-state index in [4.69, 9.17) is 4.98 Å². The van der Waals surface area contributed by atoms with Crippen LogP contribution in [0.5, 0.6) is 0 Å². The van der Waals surface area contributed by atoms with Crippen LogP contribution in [0.1, 0.15) is 94.5 Å². The largest absolute Gasteiger partial charge is 0.310 e. The van der Waals surface area contributed by atoms with Gasteiger partial charge in [-0.15, -0.1) is 0 Å². The summed E-state index contributed by atoms with van der Waals surface area (Å²) >= 11 is 0. The van der Waals surface area contributed by atoms with Gasteiger partial charge < -0.3 is 4.98 Å². The van der Waals surface area contributed by atoms with Gasteiger partial charge in [-0.25, -0.2) is 4.98 Å². The van der Waals surface area contributed by atoms with Crippen molar-refractivity contribution < 1.29 is 0 Å². The summed E-state index contributed by atoms with van der Waals surface area (Å²) < 4.78 is 0. The Morgan fingerprint density at radius 3 is 2.48 bits per heavy atom. The quantitative estimate of drug-likeness (QED) is 0.886. The van der Waals surface area contributed by atoms with Gasteiger partial charge in [0.25, 0.3) is 5.56 Å². The maximum Gasteiger partial charge on any atom is 0.251 e. The minimum atomic E-state index is 0.0533. The van der Waals surface area contributed by atoms with E-state index in [0.29, 0.717) is 11.8 Å². The van der Waals surface area contributed by atoms with E-state index >= 15 is 0 Å². The first-order valence-electron chi connectivity index (χ1n) is 8.87. The molecule has 1 aromatic heterocycles. The first-order valence-corrected chi connectivity index (χ1v) is 8.87. The molecule has 116 valence electrons. The van der Waals surface area contributed by atoms with E-state index in [1.807, 2.05) is 0 Å². The molecule has 0 amide bonds. The molecule has 3 nitrogen and oxygen atoms in total. The highest BCUT2D eigenvalue weighted by Gasteiger charge is 2.25. The smallest absolute Gasteiger partial charge is 0.251 e. The third-order valence-electron chi connectivity index (χ3n) is 5.48. The molecule has 0 bridgehead atoms. The molecule has 0 aliphatic heterocycles. The van der Waals surface area contributed by atoms with Crippen LogP contribution in [0.15, 0.2) is 10.9 Å². The van der Waals surface area contributed by atoms with E-state index in [2.05, 4.69) is 11.9 Å². The number of H-pyrrole nitrogens is 1. The minimum absolute atomic E-state index is 0.0533. The average Bonchev–Trinajstić information content (AvgIpc) is 3.02. The van der Waals surface area contributed by atoms with E-state index in [-0.39, 0.29) is 5.56 Å². The molecule has 2 fully saturated rings. The van der Waals surface area contributed by atoms with Crippen LogP contribution in [0.4, 0.5) is 0 Å². The first-order chi connectivity index (χ1) is 10.3. The number of aromatic nitrogens is 2. The molecule has 2 saturated carbocycles. The second-order valence-corrected chi connectivity index (χ2v) is 7.04. The van der Waals surface area contributed by atoms with Gasteiger partial charge in [-0.2, -0.15) is 0 Å². The van der Waals surface area contributed by atoms with Crippen LogP contribution in [0.3, 0.4) is 0 Å². The van der Waals surface area contributed by atoms with E-state index in [9.17, 15) is 4.79 Å². The van der Waals surface area contributed by atoms with Crippen molar-refractivity contribution in [1.82, 2.24) is 9.97 Å². The summed E-state index contributed by atoms with van der Waals surface area (Å²) in [6, 6.07) is 1.74. The summed E-state index contributed by atoms with van der Waals surface area (Å²) in [5.41, 5.74) is 1.11. The van der Waals surface area contributed by atoms with Gasteiger partial charge in [-0.3, -0.25) is 4.79 Å². The van der Waals surface area contributed by atoms with Crippen molar-refractivity contribution in [3.63, 3.8) is 0 Å². The van der Waals surface area contributed by atoms with Crippen molar-refractivity contribution in [2.24, 2.45) is 5.92 Å². The van der Waals surface area contributed by atoms with E-state index in [1.165, 1.54) is 64.2 Å². The SMILES string of the molecule is CCCC1CCC(c2nc(C3CCCC3)cc(=O)[nH]2)CC1. The van der Waals surface area contributed by atoms with E-state index in [0.717, 1.165) is 17.4 Å². The second kappa shape index (κ2) is 6.76. The van der Waals surface area contributed by atoms with Gasteiger partial charge >= 0.3 is 0 Å². The van der Waals surface area contributed by atoms with Crippen molar-refractivity contribution >= 4 is 0 Å². The van der Waals surface area contributed by atoms with Crippen molar-refractivity contribution in [1.29, 1.82) is 0 Å². The van der Waals surface area contributed by atoms with E-state index < -0.39 is 0 Å². The summed E-state index contributed by atoms with van der Waals surface area (Å²) in [5.74, 6) is 2.88. The highest BCUT2D eigenvalue weighted by molar-refractivity contribution is 5.12. The average molecular weight is 288 g/mol. The Morgan fingerprint density at radius 2 is 1.81 bits per heavy atom. The van der Waals surface area contributed by atoms with Gasteiger partial charge in [0.15, 0.2) is 0 Å². The summed E-state index contributed by atoms with van der Waals surface area (Å²) in [6.45, 7) is 2.27. The van der Waals surface area contributed by atoms with Gasteiger partial charge in [-0.05, 0) is 44.4 Å². The predicted molar refractivity (Wildman–Crippen MR) is 85.7 cm³/mol. The first kappa shape index (κ1) is 14.8. The van der Waals surface area contributed by atoms with Crippen LogP contribution in [-0.2, 0) is 0 Å². The summed E-state index contributed by atoms with van der Waals surface area (Å²) in [4.78, 5) is 19.9. The molecule has 0 atom stereocenters. The predicted octanol–water partition coefficient (Wildman–Crippen LogP) is 4.50. The lowest BCUT2D eigenvalue weighted by Gasteiger charge is -2.28. The van der Waals surface area contributed by atoms with Crippen molar-refractivity contribution in [3.05, 3.63) is 27.9 Å². The fraction of sp³-hybridized carbons (Fsp3) is 0.778. The zero-order valence-electron chi connectivity index (χ0n) is 13.2. The van der Waals surface area contributed by atoms with Crippen molar-refractivity contribution in [2.45, 2.75) is 83.0 Å². The maximum absolute atomic E-state index is 12.0. The summed E-state index contributed by atoms with van der Waals surface area (Å²) in [6.07, 6.45) is 12.6. The van der Waals surface area contributed by atoms with Gasteiger partial charge in [0.2, 0.25) is 0 Å².